The lowest BCUT2D eigenvalue weighted by molar-refractivity contribution is 0.0671. The molecule has 0 aliphatic rings. The van der Waals surface area contributed by atoms with Crippen molar-refractivity contribution in [2.75, 3.05) is 0 Å². The number of carboxylic acids is 2. The Kier molecular flexibility index (Phi) is 6.43. The van der Waals surface area contributed by atoms with Crippen LogP contribution in [0.25, 0.3) is 32.3 Å². The summed E-state index contributed by atoms with van der Waals surface area (Å²) in [6.07, 6.45) is -0.165. The van der Waals surface area contributed by atoms with Gasteiger partial charge in [-0.05, 0) is 45.1 Å². The van der Waals surface area contributed by atoms with E-state index in [1.165, 1.54) is 18.2 Å². The molecule has 0 radical (unpaired) electrons. The predicted molar refractivity (Wildman–Crippen MR) is 157 cm³/mol. The summed E-state index contributed by atoms with van der Waals surface area (Å²) < 4.78 is 5.79. The van der Waals surface area contributed by atoms with Gasteiger partial charge < -0.3 is 25.2 Å². The SMILES string of the molecule is O=C(O)c1cc2ccccc2c(Cc2c(OC(=O)c3ccc4ccccc4c3O)c(C(=O)O)cc3ccccc23)c1O. The van der Waals surface area contributed by atoms with E-state index in [9.17, 15) is 34.8 Å². The Balaban J connectivity index is 1.58. The lowest BCUT2D eigenvalue weighted by atomic mass is 9.90. The average Bonchev–Trinajstić information content (AvgIpc) is 2.99. The number of carboxylic acid groups (broad SMARTS) is 2. The molecule has 0 aliphatic carbocycles. The largest absolute Gasteiger partial charge is 0.507 e. The number of carbonyl (C=O) groups is 3. The molecule has 0 aromatic heterocycles. The van der Waals surface area contributed by atoms with Crippen molar-refractivity contribution < 1.29 is 39.5 Å². The van der Waals surface area contributed by atoms with E-state index in [1.807, 2.05) is 0 Å². The van der Waals surface area contributed by atoms with E-state index in [4.69, 9.17) is 4.74 Å². The zero-order valence-corrected chi connectivity index (χ0v) is 21.9. The van der Waals surface area contributed by atoms with Crippen molar-refractivity contribution in [2.45, 2.75) is 6.42 Å². The van der Waals surface area contributed by atoms with Gasteiger partial charge in [0, 0.05) is 22.9 Å². The minimum Gasteiger partial charge on any atom is -0.507 e. The molecule has 6 aromatic carbocycles. The Morgan fingerprint density at radius 1 is 0.548 bits per heavy atom. The molecule has 8 heteroatoms. The lowest BCUT2D eigenvalue weighted by Gasteiger charge is -2.19. The van der Waals surface area contributed by atoms with Crippen LogP contribution in [0.5, 0.6) is 17.2 Å². The quantitative estimate of drug-likeness (QED) is 0.130. The van der Waals surface area contributed by atoms with Crippen molar-refractivity contribution in [1.29, 1.82) is 0 Å². The van der Waals surface area contributed by atoms with Gasteiger partial charge in [-0.3, -0.25) is 0 Å². The molecule has 6 aromatic rings. The van der Waals surface area contributed by atoms with E-state index in [2.05, 4.69) is 0 Å². The Morgan fingerprint density at radius 2 is 1.07 bits per heavy atom. The van der Waals surface area contributed by atoms with Crippen LogP contribution in [0.4, 0.5) is 0 Å². The molecular weight excluding hydrogens is 536 g/mol. The summed E-state index contributed by atoms with van der Waals surface area (Å²) >= 11 is 0. The molecule has 0 saturated carbocycles. The van der Waals surface area contributed by atoms with Crippen molar-refractivity contribution in [2.24, 2.45) is 0 Å². The molecule has 0 unspecified atom stereocenters. The van der Waals surface area contributed by atoms with Crippen molar-refractivity contribution >= 4 is 50.2 Å². The smallest absolute Gasteiger partial charge is 0.347 e. The number of ether oxygens (including phenoxy) is 1. The maximum atomic E-state index is 13.5. The standard InChI is InChI=1S/C34H22O8/c35-29-23-12-6-1-7-18(23)13-14-24(29)34(41)42-31-26(22-11-5-3-9-20(22)16-28(31)33(39)40)17-25-21-10-4-2-8-19(21)15-27(30(25)36)32(37)38/h1-16,35-36H,17H2,(H,37,38)(H,39,40). The number of hydrogen-bond donors (Lipinski definition) is 4. The van der Waals surface area contributed by atoms with Crippen LogP contribution < -0.4 is 4.74 Å². The molecule has 0 fully saturated rings. The number of aromatic hydroxyl groups is 2. The molecule has 6 rings (SSSR count). The van der Waals surface area contributed by atoms with Gasteiger partial charge in [0.25, 0.3) is 0 Å². The number of carbonyl (C=O) groups excluding carboxylic acids is 1. The van der Waals surface area contributed by atoms with Gasteiger partial charge in [0.15, 0.2) is 0 Å². The number of esters is 1. The molecule has 0 saturated heterocycles. The summed E-state index contributed by atoms with van der Waals surface area (Å²) in [7, 11) is 0. The first-order valence-electron chi connectivity index (χ1n) is 12.9. The first-order valence-corrected chi connectivity index (χ1v) is 12.9. The summed E-state index contributed by atoms with van der Waals surface area (Å²) in [4.78, 5) is 38.0. The minimum absolute atomic E-state index is 0.162. The monoisotopic (exact) mass is 558 g/mol. The Labute approximate surface area is 238 Å². The minimum atomic E-state index is -1.36. The van der Waals surface area contributed by atoms with Crippen LogP contribution in [-0.4, -0.2) is 38.3 Å². The van der Waals surface area contributed by atoms with Gasteiger partial charge in [-0.25, -0.2) is 14.4 Å². The van der Waals surface area contributed by atoms with Crippen LogP contribution in [0.3, 0.4) is 0 Å². The van der Waals surface area contributed by atoms with Crippen LogP contribution in [-0.2, 0) is 6.42 Å². The number of aromatic carboxylic acids is 2. The van der Waals surface area contributed by atoms with Gasteiger partial charge in [-0.1, -0.05) is 78.9 Å². The van der Waals surface area contributed by atoms with Crippen molar-refractivity contribution in [3.8, 4) is 17.2 Å². The van der Waals surface area contributed by atoms with Crippen molar-refractivity contribution in [1.82, 2.24) is 0 Å². The summed E-state index contributed by atoms with van der Waals surface area (Å²) in [5.41, 5.74) is -0.311. The Bertz CT molecular complexity index is 2090. The number of fused-ring (bicyclic) bond motifs is 3. The fourth-order valence-electron chi connectivity index (χ4n) is 5.35. The fourth-order valence-corrected chi connectivity index (χ4v) is 5.35. The highest BCUT2D eigenvalue weighted by Crippen LogP contribution is 2.40. The molecular formula is C34H22O8. The number of phenolic OH excluding ortho intramolecular Hbond substituents is 1. The van der Waals surface area contributed by atoms with E-state index in [0.717, 1.165) is 0 Å². The topological polar surface area (TPSA) is 141 Å². The molecule has 206 valence electrons. The number of benzene rings is 6. The van der Waals surface area contributed by atoms with Gasteiger partial charge in [-0.15, -0.1) is 0 Å². The molecule has 0 aliphatic heterocycles. The second-order valence-electron chi connectivity index (χ2n) is 9.78. The molecule has 0 amide bonds. The second kappa shape index (κ2) is 10.3. The van der Waals surface area contributed by atoms with Crippen LogP contribution >= 0.6 is 0 Å². The van der Waals surface area contributed by atoms with Crippen molar-refractivity contribution in [3.63, 3.8) is 0 Å². The highest BCUT2D eigenvalue weighted by Gasteiger charge is 2.26. The van der Waals surface area contributed by atoms with E-state index >= 15 is 0 Å². The Morgan fingerprint density at radius 3 is 1.69 bits per heavy atom. The van der Waals surface area contributed by atoms with Crippen LogP contribution in [0, 0.1) is 0 Å². The van der Waals surface area contributed by atoms with Gasteiger partial charge in [0.05, 0.1) is 0 Å². The lowest BCUT2D eigenvalue weighted by Crippen LogP contribution is -2.14. The third-order valence-electron chi connectivity index (χ3n) is 7.36. The first-order chi connectivity index (χ1) is 20.2. The maximum Gasteiger partial charge on any atom is 0.347 e. The third-order valence-corrected chi connectivity index (χ3v) is 7.36. The van der Waals surface area contributed by atoms with Crippen LogP contribution in [0.2, 0.25) is 0 Å². The molecule has 4 N–H and O–H groups in total. The average molecular weight is 559 g/mol. The van der Waals surface area contributed by atoms with Crippen molar-refractivity contribution in [3.05, 3.63) is 125 Å². The van der Waals surface area contributed by atoms with E-state index in [0.29, 0.717) is 32.3 Å². The van der Waals surface area contributed by atoms with E-state index in [1.54, 1.807) is 78.9 Å². The highest BCUT2D eigenvalue weighted by molar-refractivity contribution is 6.06. The maximum absolute atomic E-state index is 13.5. The van der Waals surface area contributed by atoms with E-state index in [-0.39, 0.29) is 45.7 Å². The van der Waals surface area contributed by atoms with E-state index < -0.39 is 23.7 Å². The van der Waals surface area contributed by atoms with Gasteiger partial charge in [-0.2, -0.15) is 0 Å². The Hall–Kier alpha value is -5.89. The van der Waals surface area contributed by atoms with Gasteiger partial charge in [0.2, 0.25) is 0 Å². The zero-order chi connectivity index (χ0) is 29.5. The number of rotatable bonds is 6. The summed E-state index contributed by atoms with van der Waals surface area (Å²) in [5.74, 6) is -4.73. The first kappa shape index (κ1) is 26.3. The summed E-state index contributed by atoms with van der Waals surface area (Å²) in [6, 6.07) is 26.5. The van der Waals surface area contributed by atoms with Gasteiger partial charge >= 0.3 is 17.9 Å². The second-order valence-corrected chi connectivity index (χ2v) is 9.78. The predicted octanol–water partition coefficient (Wildman–Crippen LogP) is 6.76. The van der Waals surface area contributed by atoms with Gasteiger partial charge in [0.1, 0.15) is 33.9 Å². The zero-order valence-electron chi connectivity index (χ0n) is 21.9. The summed E-state index contributed by atoms with van der Waals surface area (Å²) in [6.45, 7) is 0. The highest BCUT2D eigenvalue weighted by atomic mass is 16.5. The molecule has 0 bridgehead atoms. The molecule has 0 atom stereocenters. The molecule has 0 spiro atoms. The normalized spacial score (nSPS) is 11.1. The molecule has 42 heavy (non-hydrogen) atoms. The molecule has 0 heterocycles. The summed E-state index contributed by atoms with van der Waals surface area (Å²) in [5, 5.41) is 45.3. The number of hydrogen-bond acceptors (Lipinski definition) is 6. The van der Waals surface area contributed by atoms with Crippen LogP contribution in [0.15, 0.2) is 97.1 Å². The third kappa shape index (κ3) is 4.41. The van der Waals surface area contributed by atoms with Crippen LogP contribution in [0.1, 0.15) is 42.2 Å². The fraction of sp³-hybridized carbons (Fsp3) is 0.0294. The number of phenols is 2. The molecule has 8 nitrogen and oxygen atoms in total.